The van der Waals surface area contributed by atoms with E-state index >= 15 is 0 Å². The Labute approximate surface area is 123 Å². The Hall–Kier alpha value is -2.39. The van der Waals surface area contributed by atoms with Gasteiger partial charge in [0.25, 0.3) is 5.69 Å². The number of nitro groups is 1. The standard InChI is InChI=1S/C14H9BrN2O3/c15-8-11-7-12(5-6-13(11)17(18)19)20-14-4-2-1-3-10(14)9-16/h1-7H,8H2. The fraction of sp³-hybridized carbons (Fsp3) is 0.0714. The van der Waals surface area contributed by atoms with Crippen LogP contribution in [-0.2, 0) is 5.33 Å². The van der Waals surface area contributed by atoms with E-state index in [1.807, 2.05) is 6.07 Å². The van der Waals surface area contributed by atoms with E-state index in [4.69, 9.17) is 10.00 Å². The molecule has 20 heavy (non-hydrogen) atoms. The van der Waals surface area contributed by atoms with Crippen molar-refractivity contribution in [2.75, 3.05) is 0 Å². The van der Waals surface area contributed by atoms with Gasteiger partial charge in [0.2, 0.25) is 0 Å². The highest BCUT2D eigenvalue weighted by Crippen LogP contribution is 2.30. The highest BCUT2D eigenvalue weighted by molar-refractivity contribution is 9.08. The van der Waals surface area contributed by atoms with E-state index in [1.165, 1.54) is 12.1 Å². The molecule has 0 amide bonds. The molecule has 0 unspecified atom stereocenters. The molecule has 6 heteroatoms. The zero-order chi connectivity index (χ0) is 14.5. The monoisotopic (exact) mass is 332 g/mol. The summed E-state index contributed by atoms with van der Waals surface area (Å²) in [6.45, 7) is 0. The van der Waals surface area contributed by atoms with Crippen LogP contribution in [0.1, 0.15) is 11.1 Å². The molecular formula is C14H9BrN2O3. The minimum atomic E-state index is -0.441. The molecule has 0 aliphatic rings. The lowest BCUT2D eigenvalue weighted by Crippen LogP contribution is -1.95. The van der Waals surface area contributed by atoms with Crippen molar-refractivity contribution in [3.05, 3.63) is 63.7 Å². The fourth-order valence-corrected chi connectivity index (χ4v) is 2.13. The van der Waals surface area contributed by atoms with Crippen LogP contribution in [0.5, 0.6) is 11.5 Å². The van der Waals surface area contributed by atoms with Gasteiger partial charge in [0.15, 0.2) is 0 Å². The summed E-state index contributed by atoms with van der Waals surface area (Å²) in [4.78, 5) is 10.4. The molecule has 2 aromatic rings. The van der Waals surface area contributed by atoms with E-state index in [9.17, 15) is 10.1 Å². The molecule has 0 heterocycles. The summed E-state index contributed by atoms with van der Waals surface area (Å²) in [5.41, 5.74) is 0.955. The van der Waals surface area contributed by atoms with Gasteiger partial charge in [-0.1, -0.05) is 28.1 Å². The van der Waals surface area contributed by atoms with Crippen molar-refractivity contribution in [1.29, 1.82) is 5.26 Å². The van der Waals surface area contributed by atoms with Crippen molar-refractivity contribution in [1.82, 2.24) is 0 Å². The molecular weight excluding hydrogens is 324 g/mol. The van der Waals surface area contributed by atoms with Gasteiger partial charge in [0.1, 0.15) is 17.6 Å². The van der Waals surface area contributed by atoms with Crippen LogP contribution in [0.25, 0.3) is 0 Å². The van der Waals surface area contributed by atoms with Gasteiger partial charge >= 0.3 is 0 Å². The number of halogens is 1. The van der Waals surface area contributed by atoms with E-state index in [0.717, 1.165) is 0 Å². The average Bonchev–Trinajstić information content (AvgIpc) is 2.47. The highest BCUT2D eigenvalue weighted by Gasteiger charge is 2.14. The zero-order valence-electron chi connectivity index (χ0n) is 10.2. The number of alkyl halides is 1. The Morgan fingerprint density at radius 1 is 1.30 bits per heavy atom. The van der Waals surface area contributed by atoms with E-state index < -0.39 is 4.92 Å². The molecule has 0 radical (unpaired) electrons. The van der Waals surface area contributed by atoms with Gasteiger partial charge in [-0.3, -0.25) is 10.1 Å². The number of nitriles is 1. The molecule has 0 saturated heterocycles. The van der Waals surface area contributed by atoms with Crippen molar-refractivity contribution >= 4 is 21.6 Å². The molecule has 0 aliphatic carbocycles. The van der Waals surface area contributed by atoms with Crippen LogP contribution in [0, 0.1) is 21.4 Å². The smallest absolute Gasteiger partial charge is 0.273 e. The first-order valence-electron chi connectivity index (χ1n) is 5.66. The number of nitro benzene ring substituents is 1. The number of para-hydroxylation sites is 1. The lowest BCUT2D eigenvalue weighted by Gasteiger charge is -2.08. The zero-order valence-corrected chi connectivity index (χ0v) is 11.8. The second-order valence-corrected chi connectivity index (χ2v) is 4.45. The number of hydrogen-bond acceptors (Lipinski definition) is 4. The van der Waals surface area contributed by atoms with Crippen LogP contribution in [0.15, 0.2) is 42.5 Å². The summed E-state index contributed by atoms with van der Waals surface area (Å²) >= 11 is 3.21. The summed E-state index contributed by atoms with van der Waals surface area (Å²) < 4.78 is 5.61. The third kappa shape index (κ3) is 2.95. The van der Waals surface area contributed by atoms with Gasteiger partial charge in [-0.25, -0.2) is 0 Å². The van der Waals surface area contributed by atoms with E-state index in [1.54, 1.807) is 30.3 Å². The first-order valence-corrected chi connectivity index (χ1v) is 6.78. The van der Waals surface area contributed by atoms with Crippen molar-refractivity contribution in [3.63, 3.8) is 0 Å². The minimum Gasteiger partial charge on any atom is -0.456 e. The largest absolute Gasteiger partial charge is 0.456 e. The lowest BCUT2D eigenvalue weighted by atomic mass is 10.2. The summed E-state index contributed by atoms with van der Waals surface area (Å²) in [5, 5.41) is 20.2. The molecule has 0 atom stereocenters. The van der Waals surface area contributed by atoms with Crippen LogP contribution >= 0.6 is 15.9 Å². The van der Waals surface area contributed by atoms with Crippen molar-refractivity contribution in [2.45, 2.75) is 5.33 Å². The summed E-state index contributed by atoms with van der Waals surface area (Å²) in [7, 11) is 0. The van der Waals surface area contributed by atoms with Gasteiger partial charge in [-0.2, -0.15) is 5.26 Å². The maximum absolute atomic E-state index is 10.9. The second kappa shape index (κ2) is 6.17. The van der Waals surface area contributed by atoms with Crippen LogP contribution in [0.3, 0.4) is 0 Å². The topological polar surface area (TPSA) is 76.2 Å². The molecule has 0 spiro atoms. The third-order valence-corrected chi connectivity index (χ3v) is 3.23. The summed E-state index contributed by atoms with van der Waals surface area (Å²) in [6.07, 6.45) is 0. The lowest BCUT2D eigenvalue weighted by molar-refractivity contribution is -0.385. The van der Waals surface area contributed by atoms with Gasteiger partial charge in [0.05, 0.1) is 10.5 Å². The third-order valence-electron chi connectivity index (χ3n) is 2.63. The van der Waals surface area contributed by atoms with Crippen molar-refractivity contribution in [2.24, 2.45) is 0 Å². The van der Waals surface area contributed by atoms with Gasteiger partial charge in [-0.15, -0.1) is 0 Å². The quantitative estimate of drug-likeness (QED) is 0.478. The van der Waals surface area contributed by atoms with E-state index in [2.05, 4.69) is 15.9 Å². The molecule has 0 aromatic heterocycles. The Bertz CT molecular complexity index is 695. The Balaban J connectivity index is 2.35. The molecule has 2 rings (SSSR count). The molecule has 0 aliphatic heterocycles. The number of rotatable bonds is 4. The maximum Gasteiger partial charge on any atom is 0.273 e. The van der Waals surface area contributed by atoms with Gasteiger partial charge < -0.3 is 4.74 Å². The second-order valence-electron chi connectivity index (χ2n) is 3.89. The van der Waals surface area contributed by atoms with Crippen molar-refractivity contribution < 1.29 is 9.66 Å². The predicted molar refractivity (Wildman–Crippen MR) is 77.0 cm³/mol. The van der Waals surface area contributed by atoms with Crippen LogP contribution in [0.2, 0.25) is 0 Å². The predicted octanol–water partition coefficient (Wildman–Crippen LogP) is 4.15. The number of benzene rings is 2. The Morgan fingerprint density at radius 3 is 2.70 bits per heavy atom. The molecule has 0 fully saturated rings. The van der Waals surface area contributed by atoms with Gasteiger partial charge in [-0.05, 0) is 24.3 Å². The number of hydrogen-bond donors (Lipinski definition) is 0. The molecule has 0 saturated carbocycles. The average molecular weight is 333 g/mol. The fourth-order valence-electron chi connectivity index (χ4n) is 1.69. The number of ether oxygens (including phenoxy) is 1. The van der Waals surface area contributed by atoms with Crippen LogP contribution in [-0.4, -0.2) is 4.92 Å². The van der Waals surface area contributed by atoms with Gasteiger partial charge in [0, 0.05) is 17.0 Å². The van der Waals surface area contributed by atoms with Crippen molar-refractivity contribution in [3.8, 4) is 17.6 Å². The maximum atomic E-state index is 10.9. The summed E-state index contributed by atoms with van der Waals surface area (Å²) in [5.74, 6) is 0.872. The minimum absolute atomic E-state index is 0.0304. The number of nitrogens with zero attached hydrogens (tertiary/aromatic N) is 2. The molecule has 2 aromatic carbocycles. The SMILES string of the molecule is N#Cc1ccccc1Oc1ccc([N+](=O)[O-])c(CBr)c1. The van der Waals surface area contributed by atoms with Crippen LogP contribution in [0.4, 0.5) is 5.69 Å². The first kappa shape index (κ1) is 14.0. The first-order chi connectivity index (χ1) is 9.65. The highest BCUT2D eigenvalue weighted by atomic mass is 79.9. The molecule has 0 bridgehead atoms. The molecule has 100 valence electrons. The van der Waals surface area contributed by atoms with Crippen LogP contribution < -0.4 is 4.74 Å². The molecule has 5 nitrogen and oxygen atoms in total. The van der Waals surface area contributed by atoms with E-state index in [0.29, 0.717) is 28.0 Å². The van der Waals surface area contributed by atoms with E-state index in [-0.39, 0.29) is 5.69 Å². The normalized spacial score (nSPS) is 9.80. The molecule has 0 N–H and O–H groups in total. The Kier molecular flexibility index (Phi) is 4.33. The summed E-state index contributed by atoms with van der Waals surface area (Å²) in [6, 6.07) is 13.3. The Morgan fingerprint density at radius 2 is 2.05 bits per heavy atom.